The largest absolute Gasteiger partial charge is 0.368 e. The molecule has 0 atom stereocenters. The molecule has 22 heavy (non-hydrogen) atoms. The zero-order chi connectivity index (χ0) is 15.4. The average molecular weight is 305 g/mol. The first-order valence-corrected chi connectivity index (χ1v) is 8.23. The van der Waals surface area contributed by atoms with E-state index in [1.165, 1.54) is 25.0 Å². The Hall–Kier alpha value is -1.62. The van der Waals surface area contributed by atoms with Crippen LogP contribution in [0.15, 0.2) is 24.3 Å². The third-order valence-corrected chi connectivity index (χ3v) is 4.66. The van der Waals surface area contributed by atoms with Gasteiger partial charge in [-0.2, -0.15) is 0 Å². The van der Waals surface area contributed by atoms with Crippen LogP contribution >= 0.6 is 0 Å². The van der Waals surface area contributed by atoms with Crippen molar-refractivity contribution >= 4 is 11.6 Å². The van der Waals surface area contributed by atoms with Crippen LogP contribution in [0.4, 0.5) is 10.1 Å². The molecule has 1 aromatic rings. The molecule has 0 unspecified atom stereocenters. The topological polar surface area (TPSA) is 26.8 Å². The molecule has 2 fully saturated rings. The van der Waals surface area contributed by atoms with Gasteiger partial charge in [-0.25, -0.2) is 4.39 Å². The van der Waals surface area contributed by atoms with E-state index in [2.05, 4.69) is 9.80 Å². The summed E-state index contributed by atoms with van der Waals surface area (Å²) in [7, 11) is 0. The van der Waals surface area contributed by atoms with E-state index in [0.29, 0.717) is 6.42 Å². The van der Waals surface area contributed by atoms with Crippen LogP contribution in [0.1, 0.15) is 19.3 Å². The molecule has 0 radical (unpaired) electrons. The molecule has 0 spiro atoms. The standard InChI is InChI=1S/C17H24FN3O/c18-15-3-5-16(6-4-15)20-11-13-21(14-12-20)17(22)7-10-19-8-1-2-9-19/h3-6H,1-2,7-14H2. The molecule has 1 amide bonds. The van der Waals surface area contributed by atoms with Crippen molar-refractivity contribution in [2.24, 2.45) is 0 Å². The van der Waals surface area contributed by atoms with Crippen molar-refractivity contribution in [3.05, 3.63) is 30.1 Å². The third kappa shape index (κ3) is 3.77. The van der Waals surface area contributed by atoms with Gasteiger partial charge < -0.3 is 14.7 Å². The number of piperazine rings is 1. The summed E-state index contributed by atoms with van der Waals surface area (Å²) in [6.45, 7) is 6.35. The minimum Gasteiger partial charge on any atom is -0.368 e. The highest BCUT2D eigenvalue weighted by Crippen LogP contribution is 2.17. The molecule has 0 saturated carbocycles. The summed E-state index contributed by atoms with van der Waals surface area (Å²) in [5.74, 6) is 0.0603. The van der Waals surface area contributed by atoms with E-state index in [4.69, 9.17) is 0 Å². The molecule has 3 rings (SSSR count). The van der Waals surface area contributed by atoms with Crippen LogP contribution in [0.25, 0.3) is 0 Å². The van der Waals surface area contributed by atoms with Gasteiger partial charge in [0.15, 0.2) is 0 Å². The number of hydrogen-bond acceptors (Lipinski definition) is 3. The van der Waals surface area contributed by atoms with Crippen molar-refractivity contribution in [3.63, 3.8) is 0 Å². The molecule has 120 valence electrons. The number of amides is 1. The zero-order valence-electron chi connectivity index (χ0n) is 13.0. The van der Waals surface area contributed by atoms with Crippen molar-refractivity contribution in [3.8, 4) is 0 Å². The lowest BCUT2D eigenvalue weighted by atomic mass is 10.2. The summed E-state index contributed by atoms with van der Waals surface area (Å²) in [6, 6.07) is 6.59. The maximum Gasteiger partial charge on any atom is 0.223 e. The van der Waals surface area contributed by atoms with Gasteiger partial charge in [0.25, 0.3) is 0 Å². The molecule has 0 aliphatic carbocycles. The van der Waals surface area contributed by atoms with Gasteiger partial charge in [0, 0.05) is 44.8 Å². The van der Waals surface area contributed by atoms with Gasteiger partial charge in [0.2, 0.25) is 5.91 Å². The fraction of sp³-hybridized carbons (Fsp3) is 0.588. The molecule has 2 aliphatic rings. The normalized spacial score (nSPS) is 19.7. The Morgan fingerprint density at radius 1 is 0.955 bits per heavy atom. The highest BCUT2D eigenvalue weighted by atomic mass is 19.1. The predicted molar refractivity (Wildman–Crippen MR) is 85.5 cm³/mol. The van der Waals surface area contributed by atoms with E-state index < -0.39 is 0 Å². The zero-order valence-corrected chi connectivity index (χ0v) is 13.0. The fourth-order valence-corrected chi connectivity index (χ4v) is 3.28. The first kappa shape index (κ1) is 15.3. The maximum absolute atomic E-state index is 13.0. The number of carbonyl (C=O) groups excluding carboxylic acids is 1. The summed E-state index contributed by atoms with van der Waals surface area (Å²) in [5, 5.41) is 0. The van der Waals surface area contributed by atoms with Gasteiger partial charge in [0.1, 0.15) is 5.82 Å². The van der Waals surface area contributed by atoms with Crippen molar-refractivity contribution in [1.29, 1.82) is 0 Å². The van der Waals surface area contributed by atoms with Crippen molar-refractivity contribution in [2.75, 3.05) is 50.7 Å². The molecular formula is C17H24FN3O. The van der Waals surface area contributed by atoms with Crippen molar-refractivity contribution in [1.82, 2.24) is 9.80 Å². The van der Waals surface area contributed by atoms with Crippen LogP contribution < -0.4 is 4.90 Å². The van der Waals surface area contributed by atoms with Gasteiger partial charge in [-0.3, -0.25) is 4.79 Å². The minimum atomic E-state index is -0.209. The lowest BCUT2D eigenvalue weighted by Crippen LogP contribution is -2.49. The number of anilines is 1. The third-order valence-electron chi connectivity index (χ3n) is 4.66. The van der Waals surface area contributed by atoms with Crippen LogP contribution in [0.2, 0.25) is 0 Å². The highest BCUT2D eigenvalue weighted by Gasteiger charge is 2.22. The van der Waals surface area contributed by atoms with E-state index in [0.717, 1.165) is 51.5 Å². The van der Waals surface area contributed by atoms with Crippen LogP contribution in [0, 0.1) is 5.82 Å². The highest BCUT2D eigenvalue weighted by molar-refractivity contribution is 5.76. The van der Waals surface area contributed by atoms with Gasteiger partial charge in [0.05, 0.1) is 0 Å². The number of rotatable bonds is 4. The molecule has 0 aromatic heterocycles. The number of hydrogen-bond donors (Lipinski definition) is 0. The monoisotopic (exact) mass is 305 g/mol. The summed E-state index contributed by atoms with van der Waals surface area (Å²) in [5.41, 5.74) is 1.03. The van der Waals surface area contributed by atoms with Crippen LogP contribution in [0.3, 0.4) is 0 Å². The lowest BCUT2D eigenvalue weighted by Gasteiger charge is -2.36. The summed E-state index contributed by atoms with van der Waals surface area (Å²) in [4.78, 5) is 18.8. The molecule has 2 aliphatic heterocycles. The predicted octanol–water partition coefficient (Wildman–Crippen LogP) is 1.96. The minimum absolute atomic E-state index is 0.209. The number of benzene rings is 1. The Morgan fingerprint density at radius 2 is 1.59 bits per heavy atom. The number of halogens is 1. The molecule has 2 saturated heterocycles. The van der Waals surface area contributed by atoms with Crippen molar-refractivity contribution < 1.29 is 9.18 Å². The Balaban J connectivity index is 1.44. The van der Waals surface area contributed by atoms with Gasteiger partial charge >= 0.3 is 0 Å². The number of likely N-dealkylation sites (tertiary alicyclic amines) is 1. The van der Waals surface area contributed by atoms with Gasteiger partial charge in [-0.1, -0.05) is 0 Å². The van der Waals surface area contributed by atoms with E-state index in [-0.39, 0.29) is 11.7 Å². The second-order valence-corrected chi connectivity index (χ2v) is 6.14. The number of carbonyl (C=O) groups is 1. The van der Waals surface area contributed by atoms with E-state index >= 15 is 0 Å². The van der Waals surface area contributed by atoms with Gasteiger partial charge in [-0.15, -0.1) is 0 Å². The fourth-order valence-electron chi connectivity index (χ4n) is 3.28. The molecule has 0 bridgehead atoms. The summed E-state index contributed by atoms with van der Waals surface area (Å²) < 4.78 is 13.0. The summed E-state index contributed by atoms with van der Waals surface area (Å²) >= 11 is 0. The number of nitrogens with zero attached hydrogens (tertiary/aromatic N) is 3. The molecule has 2 heterocycles. The Bertz CT molecular complexity index is 491. The maximum atomic E-state index is 13.0. The summed E-state index contributed by atoms with van der Waals surface area (Å²) in [6.07, 6.45) is 3.17. The Kier molecular flexibility index (Phi) is 4.93. The van der Waals surface area contributed by atoms with E-state index in [1.807, 2.05) is 4.90 Å². The second kappa shape index (κ2) is 7.09. The average Bonchev–Trinajstić information content (AvgIpc) is 3.07. The first-order valence-electron chi connectivity index (χ1n) is 8.23. The SMILES string of the molecule is O=C(CCN1CCCC1)N1CCN(c2ccc(F)cc2)CC1. The van der Waals surface area contributed by atoms with Crippen LogP contribution in [0.5, 0.6) is 0 Å². The quantitative estimate of drug-likeness (QED) is 0.851. The van der Waals surface area contributed by atoms with E-state index in [9.17, 15) is 9.18 Å². The molecule has 0 N–H and O–H groups in total. The second-order valence-electron chi connectivity index (χ2n) is 6.14. The Labute approximate surface area is 131 Å². The van der Waals surface area contributed by atoms with E-state index in [1.54, 1.807) is 12.1 Å². The smallest absolute Gasteiger partial charge is 0.223 e. The lowest BCUT2D eigenvalue weighted by molar-refractivity contribution is -0.131. The Morgan fingerprint density at radius 3 is 2.23 bits per heavy atom. The molecule has 5 heteroatoms. The van der Waals surface area contributed by atoms with Crippen LogP contribution in [-0.4, -0.2) is 61.5 Å². The first-order chi connectivity index (χ1) is 10.7. The molecule has 4 nitrogen and oxygen atoms in total. The van der Waals surface area contributed by atoms with Gasteiger partial charge in [-0.05, 0) is 50.2 Å². The van der Waals surface area contributed by atoms with Crippen LogP contribution in [-0.2, 0) is 4.79 Å². The molecular weight excluding hydrogens is 281 g/mol. The molecule has 1 aromatic carbocycles. The van der Waals surface area contributed by atoms with Crippen molar-refractivity contribution in [2.45, 2.75) is 19.3 Å².